The monoisotopic (exact) mass is 316 g/mol. The molecule has 0 heterocycles. The first kappa shape index (κ1) is 16.1. The van der Waals surface area contributed by atoms with Gasteiger partial charge in [-0.05, 0) is 37.6 Å². The fourth-order valence-corrected chi connectivity index (χ4v) is 2.16. The maximum atomic E-state index is 12.1. The van der Waals surface area contributed by atoms with Crippen LogP contribution in [0.1, 0.15) is 28.4 Å². The highest BCUT2D eigenvalue weighted by atomic mass is 35.5. The van der Waals surface area contributed by atoms with E-state index >= 15 is 0 Å². The normalized spacial score (nSPS) is 10.9. The molecule has 0 saturated heterocycles. The standard InChI is InChI=1S/C18H17ClO3/c1-3-22-17-11-13(10-15(19)18(17)21)6-9-16(20)14-7-4-12(2)5-8-14/h4-11,21H,3H2,1-2H3/b9-6+. The first-order valence-electron chi connectivity index (χ1n) is 6.95. The van der Waals surface area contributed by atoms with Gasteiger partial charge in [-0.1, -0.05) is 47.5 Å². The number of phenols is 1. The van der Waals surface area contributed by atoms with Gasteiger partial charge in [0.25, 0.3) is 0 Å². The first-order chi connectivity index (χ1) is 10.5. The number of aromatic hydroxyl groups is 1. The van der Waals surface area contributed by atoms with Gasteiger partial charge >= 0.3 is 0 Å². The summed E-state index contributed by atoms with van der Waals surface area (Å²) in [5.41, 5.74) is 2.41. The van der Waals surface area contributed by atoms with Crippen molar-refractivity contribution in [2.24, 2.45) is 0 Å². The van der Waals surface area contributed by atoms with Gasteiger partial charge in [0, 0.05) is 5.56 Å². The number of phenolic OH excluding ortho intramolecular Hbond substituents is 1. The molecule has 2 rings (SSSR count). The van der Waals surface area contributed by atoms with E-state index in [1.165, 1.54) is 6.08 Å². The molecule has 0 aliphatic heterocycles. The van der Waals surface area contributed by atoms with Gasteiger partial charge in [-0.3, -0.25) is 4.79 Å². The van der Waals surface area contributed by atoms with Crippen molar-refractivity contribution in [2.75, 3.05) is 6.61 Å². The molecular weight excluding hydrogens is 300 g/mol. The quantitative estimate of drug-likeness (QED) is 0.645. The third kappa shape index (κ3) is 3.89. The van der Waals surface area contributed by atoms with E-state index in [-0.39, 0.29) is 16.6 Å². The Morgan fingerprint density at radius 1 is 1.27 bits per heavy atom. The highest BCUT2D eigenvalue weighted by molar-refractivity contribution is 6.32. The summed E-state index contributed by atoms with van der Waals surface area (Å²) < 4.78 is 5.31. The summed E-state index contributed by atoms with van der Waals surface area (Å²) in [7, 11) is 0. The Hall–Kier alpha value is -2.26. The van der Waals surface area contributed by atoms with Gasteiger partial charge in [0.15, 0.2) is 17.3 Å². The van der Waals surface area contributed by atoms with Crippen molar-refractivity contribution in [3.8, 4) is 11.5 Å². The fraction of sp³-hybridized carbons (Fsp3) is 0.167. The molecule has 0 aliphatic rings. The Labute approximate surface area is 134 Å². The Bertz CT molecular complexity index is 703. The zero-order chi connectivity index (χ0) is 16.1. The summed E-state index contributed by atoms with van der Waals surface area (Å²) in [5.74, 6) is 0.116. The van der Waals surface area contributed by atoms with E-state index in [0.29, 0.717) is 23.5 Å². The molecule has 22 heavy (non-hydrogen) atoms. The van der Waals surface area contributed by atoms with Crippen LogP contribution in [0.15, 0.2) is 42.5 Å². The van der Waals surface area contributed by atoms with E-state index in [1.807, 2.05) is 26.0 Å². The van der Waals surface area contributed by atoms with Crippen molar-refractivity contribution in [1.29, 1.82) is 0 Å². The van der Waals surface area contributed by atoms with Gasteiger partial charge in [-0.15, -0.1) is 0 Å². The van der Waals surface area contributed by atoms with Crippen molar-refractivity contribution in [3.63, 3.8) is 0 Å². The Morgan fingerprint density at radius 2 is 1.95 bits per heavy atom. The van der Waals surface area contributed by atoms with Crippen LogP contribution in [0.2, 0.25) is 5.02 Å². The molecule has 0 saturated carbocycles. The summed E-state index contributed by atoms with van der Waals surface area (Å²) in [6, 6.07) is 10.6. The molecule has 0 spiro atoms. The molecule has 114 valence electrons. The summed E-state index contributed by atoms with van der Waals surface area (Å²) in [6.07, 6.45) is 3.12. The Kier molecular flexibility index (Phi) is 5.23. The molecule has 0 aromatic heterocycles. The molecule has 1 N–H and O–H groups in total. The minimum absolute atomic E-state index is 0.0921. The number of ketones is 1. The summed E-state index contributed by atoms with van der Waals surface area (Å²) >= 11 is 5.96. The summed E-state index contributed by atoms with van der Waals surface area (Å²) in [6.45, 7) is 4.20. The fourth-order valence-electron chi connectivity index (χ4n) is 1.94. The number of hydrogen-bond donors (Lipinski definition) is 1. The van der Waals surface area contributed by atoms with Gasteiger partial charge in [0.2, 0.25) is 0 Å². The Balaban J connectivity index is 2.22. The lowest BCUT2D eigenvalue weighted by Gasteiger charge is -2.08. The van der Waals surface area contributed by atoms with E-state index in [2.05, 4.69) is 0 Å². The van der Waals surface area contributed by atoms with Crippen LogP contribution in [0.4, 0.5) is 0 Å². The number of ether oxygens (including phenoxy) is 1. The molecule has 2 aromatic rings. The van der Waals surface area contributed by atoms with Gasteiger partial charge in [-0.2, -0.15) is 0 Å². The minimum atomic E-state index is -0.0952. The lowest BCUT2D eigenvalue weighted by Crippen LogP contribution is -1.94. The molecule has 0 atom stereocenters. The third-order valence-electron chi connectivity index (χ3n) is 3.11. The number of carbonyl (C=O) groups is 1. The molecule has 0 aliphatic carbocycles. The van der Waals surface area contributed by atoms with Crippen LogP contribution in [0, 0.1) is 6.92 Å². The van der Waals surface area contributed by atoms with Crippen molar-refractivity contribution >= 4 is 23.5 Å². The third-order valence-corrected chi connectivity index (χ3v) is 3.40. The van der Waals surface area contributed by atoms with Crippen LogP contribution >= 0.6 is 11.6 Å². The van der Waals surface area contributed by atoms with E-state index < -0.39 is 0 Å². The van der Waals surface area contributed by atoms with Crippen LogP contribution < -0.4 is 4.74 Å². The highest BCUT2D eigenvalue weighted by Crippen LogP contribution is 2.35. The van der Waals surface area contributed by atoms with Crippen molar-refractivity contribution < 1.29 is 14.6 Å². The second kappa shape index (κ2) is 7.14. The topological polar surface area (TPSA) is 46.5 Å². The molecular formula is C18H17ClO3. The second-order valence-electron chi connectivity index (χ2n) is 4.85. The summed E-state index contributed by atoms with van der Waals surface area (Å²) in [4.78, 5) is 12.1. The van der Waals surface area contributed by atoms with Gasteiger partial charge < -0.3 is 9.84 Å². The highest BCUT2D eigenvalue weighted by Gasteiger charge is 2.08. The van der Waals surface area contributed by atoms with Crippen LogP contribution in [0.25, 0.3) is 6.08 Å². The molecule has 0 radical (unpaired) electrons. The Morgan fingerprint density at radius 3 is 2.59 bits per heavy atom. The van der Waals surface area contributed by atoms with Crippen LogP contribution in [-0.4, -0.2) is 17.5 Å². The molecule has 3 nitrogen and oxygen atoms in total. The lowest BCUT2D eigenvalue weighted by atomic mass is 10.1. The van der Waals surface area contributed by atoms with E-state index in [4.69, 9.17) is 16.3 Å². The number of carbonyl (C=O) groups excluding carboxylic acids is 1. The zero-order valence-electron chi connectivity index (χ0n) is 12.5. The van der Waals surface area contributed by atoms with Crippen LogP contribution in [0.5, 0.6) is 11.5 Å². The lowest BCUT2D eigenvalue weighted by molar-refractivity contribution is 0.104. The van der Waals surface area contributed by atoms with E-state index in [1.54, 1.807) is 30.3 Å². The summed E-state index contributed by atoms with van der Waals surface area (Å²) in [5, 5.41) is 9.97. The van der Waals surface area contributed by atoms with Gasteiger partial charge in [0.05, 0.1) is 11.6 Å². The van der Waals surface area contributed by atoms with Crippen LogP contribution in [-0.2, 0) is 0 Å². The average Bonchev–Trinajstić information content (AvgIpc) is 2.50. The number of allylic oxidation sites excluding steroid dienone is 1. The first-order valence-corrected chi connectivity index (χ1v) is 7.33. The van der Waals surface area contributed by atoms with Crippen LogP contribution in [0.3, 0.4) is 0 Å². The number of rotatable bonds is 5. The zero-order valence-corrected chi connectivity index (χ0v) is 13.2. The van der Waals surface area contributed by atoms with Gasteiger partial charge in [0.1, 0.15) is 0 Å². The average molecular weight is 317 g/mol. The maximum Gasteiger partial charge on any atom is 0.185 e. The van der Waals surface area contributed by atoms with Crippen molar-refractivity contribution in [1.82, 2.24) is 0 Å². The SMILES string of the molecule is CCOc1cc(/C=C/C(=O)c2ccc(C)cc2)cc(Cl)c1O. The number of hydrogen-bond acceptors (Lipinski definition) is 3. The molecule has 4 heteroatoms. The van der Waals surface area contributed by atoms with Crippen molar-refractivity contribution in [2.45, 2.75) is 13.8 Å². The molecule has 0 amide bonds. The number of benzene rings is 2. The minimum Gasteiger partial charge on any atom is -0.503 e. The smallest absolute Gasteiger partial charge is 0.185 e. The predicted molar refractivity (Wildman–Crippen MR) is 88.8 cm³/mol. The molecule has 0 bridgehead atoms. The number of aryl methyl sites for hydroxylation is 1. The number of halogens is 1. The van der Waals surface area contributed by atoms with Gasteiger partial charge in [-0.25, -0.2) is 0 Å². The largest absolute Gasteiger partial charge is 0.503 e. The molecule has 2 aromatic carbocycles. The van der Waals surface area contributed by atoms with E-state index in [0.717, 1.165) is 5.56 Å². The molecule has 0 unspecified atom stereocenters. The predicted octanol–water partition coefficient (Wildman–Crippen LogP) is 4.65. The second-order valence-corrected chi connectivity index (χ2v) is 5.25. The van der Waals surface area contributed by atoms with E-state index in [9.17, 15) is 9.90 Å². The van der Waals surface area contributed by atoms with Crippen molar-refractivity contribution in [3.05, 3.63) is 64.2 Å². The molecule has 0 fully saturated rings. The maximum absolute atomic E-state index is 12.1.